The fraction of sp³-hybridized carbons (Fsp3) is 0.625. The zero-order chi connectivity index (χ0) is 14.0. The van der Waals surface area contributed by atoms with E-state index in [1.165, 1.54) is 31.5 Å². The first-order valence-electron chi connectivity index (χ1n) is 7.55. The number of thiol groups is 1. The van der Waals surface area contributed by atoms with Crippen LogP contribution in [0.2, 0.25) is 5.02 Å². The maximum absolute atomic E-state index is 6.08. The number of anilines is 1. The summed E-state index contributed by atoms with van der Waals surface area (Å²) in [6.07, 6.45) is 4.12. The SMILES string of the molecule is SCC1(CN2CCN(c3cccc(Cl)c3)CC2)CCC1. The summed E-state index contributed by atoms with van der Waals surface area (Å²) in [6.45, 7) is 5.75. The van der Waals surface area contributed by atoms with Crippen molar-refractivity contribution >= 4 is 29.9 Å². The minimum Gasteiger partial charge on any atom is -0.369 e. The van der Waals surface area contributed by atoms with Crippen LogP contribution in [0, 0.1) is 5.41 Å². The van der Waals surface area contributed by atoms with E-state index in [-0.39, 0.29) is 0 Å². The average Bonchev–Trinajstić information content (AvgIpc) is 2.44. The number of halogens is 1. The van der Waals surface area contributed by atoms with Crippen LogP contribution < -0.4 is 4.90 Å². The lowest BCUT2D eigenvalue weighted by Crippen LogP contribution is -2.52. The Kier molecular flexibility index (Phi) is 4.49. The van der Waals surface area contributed by atoms with Crippen molar-refractivity contribution in [3.05, 3.63) is 29.3 Å². The number of hydrogen-bond donors (Lipinski definition) is 1. The smallest absolute Gasteiger partial charge is 0.0426 e. The third-order valence-electron chi connectivity index (χ3n) is 4.85. The van der Waals surface area contributed by atoms with Crippen LogP contribution in [-0.2, 0) is 0 Å². The van der Waals surface area contributed by atoms with E-state index in [1.54, 1.807) is 0 Å². The van der Waals surface area contributed by atoms with E-state index in [9.17, 15) is 0 Å². The van der Waals surface area contributed by atoms with E-state index in [0.717, 1.165) is 37.0 Å². The predicted molar refractivity (Wildman–Crippen MR) is 90.2 cm³/mol. The van der Waals surface area contributed by atoms with E-state index in [0.29, 0.717) is 5.41 Å². The maximum Gasteiger partial charge on any atom is 0.0426 e. The third-order valence-corrected chi connectivity index (χ3v) is 5.76. The van der Waals surface area contributed by atoms with Crippen molar-refractivity contribution in [3.8, 4) is 0 Å². The first-order valence-corrected chi connectivity index (χ1v) is 8.56. The first-order chi connectivity index (χ1) is 9.71. The molecular formula is C16H23ClN2S. The van der Waals surface area contributed by atoms with Gasteiger partial charge < -0.3 is 4.90 Å². The molecule has 1 aliphatic heterocycles. The van der Waals surface area contributed by atoms with Gasteiger partial charge in [-0.2, -0.15) is 12.6 Å². The zero-order valence-electron chi connectivity index (χ0n) is 11.9. The van der Waals surface area contributed by atoms with Gasteiger partial charge in [0.1, 0.15) is 0 Å². The summed E-state index contributed by atoms with van der Waals surface area (Å²) >= 11 is 10.6. The molecule has 20 heavy (non-hydrogen) atoms. The van der Waals surface area contributed by atoms with Gasteiger partial charge in [0.2, 0.25) is 0 Å². The van der Waals surface area contributed by atoms with E-state index >= 15 is 0 Å². The standard InChI is InChI=1S/C16H23ClN2S/c17-14-3-1-4-15(11-14)19-9-7-18(8-10-19)12-16(13-20)5-2-6-16/h1,3-4,11,20H,2,5-10,12-13H2. The van der Waals surface area contributed by atoms with E-state index in [4.69, 9.17) is 11.6 Å². The molecule has 1 aliphatic carbocycles. The summed E-state index contributed by atoms with van der Waals surface area (Å²) in [7, 11) is 0. The number of nitrogens with zero attached hydrogens (tertiary/aromatic N) is 2. The van der Waals surface area contributed by atoms with E-state index in [2.05, 4.69) is 34.6 Å². The number of benzene rings is 1. The highest BCUT2D eigenvalue weighted by Gasteiger charge is 2.37. The van der Waals surface area contributed by atoms with Gasteiger partial charge in [-0.3, -0.25) is 4.90 Å². The Balaban J connectivity index is 1.54. The molecule has 4 heteroatoms. The van der Waals surface area contributed by atoms with Crippen LogP contribution >= 0.6 is 24.2 Å². The number of rotatable bonds is 4. The average molecular weight is 311 g/mol. The van der Waals surface area contributed by atoms with Gasteiger partial charge in [0, 0.05) is 43.4 Å². The number of hydrogen-bond acceptors (Lipinski definition) is 3. The molecule has 0 aromatic heterocycles. The highest BCUT2D eigenvalue weighted by Crippen LogP contribution is 2.42. The second-order valence-electron chi connectivity index (χ2n) is 6.25. The molecule has 0 bridgehead atoms. The zero-order valence-corrected chi connectivity index (χ0v) is 13.5. The van der Waals surface area contributed by atoms with Gasteiger partial charge in [-0.15, -0.1) is 0 Å². The normalized spacial score (nSPS) is 22.6. The molecule has 0 N–H and O–H groups in total. The summed E-state index contributed by atoms with van der Waals surface area (Å²) in [6, 6.07) is 8.20. The molecule has 2 aliphatic rings. The highest BCUT2D eigenvalue weighted by atomic mass is 35.5. The lowest BCUT2D eigenvalue weighted by atomic mass is 9.70. The molecule has 1 heterocycles. The van der Waals surface area contributed by atoms with Crippen molar-refractivity contribution in [1.29, 1.82) is 0 Å². The monoisotopic (exact) mass is 310 g/mol. The van der Waals surface area contributed by atoms with Gasteiger partial charge in [0.25, 0.3) is 0 Å². The molecule has 0 spiro atoms. The van der Waals surface area contributed by atoms with Crippen molar-refractivity contribution in [1.82, 2.24) is 4.90 Å². The molecule has 0 unspecified atom stereocenters. The third kappa shape index (κ3) is 3.10. The van der Waals surface area contributed by atoms with Gasteiger partial charge in [0.15, 0.2) is 0 Å². The van der Waals surface area contributed by atoms with Crippen LogP contribution in [-0.4, -0.2) is 43.4 Å². The Hall–Kier alpha value is -0.380. The van der Waals surface area contributed by atoms with Gasteiger partial charge in [-0.05, 0) is 42.2 Å². The van der Waals surface area contributed by atoms with Crippen LogP contribution in [0.3, 0.4) is 0 Å². The summed E-state index contributed by atoms with van der Waals surface area (Å²) in [5.41, 5.74) is 1.77. The molecule has 2 nitrogen and oxygen atoms in total. The summed E-state index contributed by atoms with van der Waals surface area (Å²) in [5.74, 6) is 1.04. The Morgan fingerprint density at radius 3 is 2.45 bits per heavy atom. The Morgan fingerprint density at radius 2 is 1.90 bits per heavy atom. The van der Waals surface area contributed by atoms with Crippen LogP contribution in [0.15, 0.2) is 24.3 Å². The lowest BCUT2D eigenvalue weighted by molar-refractivity contribution is 0.0869. The van der Waals surface area contributed by atoms with Gasteiger partial charge >= 0.3 is 0 Å². The van der Waals surface area contributed by atoms with Gasteiger partial charge in [-0.1, -0.05) is 24.1 Å². The molecule has 1 saturated carbocycles. The van der Waals surface area contributed by atoms with Crippen molar-refractivity contribution in [2.75, 3.05) is 43.4 Å². The van der Waals surface area contributed by atoms with E-state index < -0.39 is 0 Å². The van der Waals surface area contributed by atoms with Crippen molar-refractivity contribution in [2.45, 2.75) is 19.3 Å². The molecule has 0 radical (unpaired) electrons. The largest absolute Gasteiger partial charge is 0.369 e. The Labute approximate surface area is 132 Å². The summed E-state index contributed by atoms with van der Waals surface area (Å²) in [5, 5.41) is 0.827. The highest BCUT2D eigenvalue weighted by molar-refractivity contribution is 7.80. The van der Waals surface area contributed by atoms with Crippen LogP contribution in [0.5, 0.6) is 0 Å². The second-order valence-corrected chi connectivity index (χ2v) is 7.01. The maximum atomic E-state index is 6.08. The topological polar surface area (TPSA) is 6.48 Å². The molecule has 3 rings (SSSR count). The van der Waals surface area contributed by atoms with Crippen LogP contribution in [0.1, 0.15) is 19.3 Å². The molecule has 0 atom stereocenters. The molecule has 2 fully saturated rings. The number of piperazine rings is 1. The van der Waals surface area contributed by atoms with E-state index in [1.807, 2.05) is 12.1 Å². The molecule has 110 valence electrons. The predicted octanol–water partition coefficient (Wildman–Crippen LogP) is 3.56. The molecule has 1 saturated heterocycles. The van der Waals surface area contributed by atoms with Crippen LogP contribution in [0.4, 0.5) is 5.69 Å². The molecule has 1 aromatic carbocycles. The molecule has 0 amide bonds. The van der Waals surface area contributed by atoms with Gasteiger partial charge in [0.05, 0.1) is 0 Å². The summed E-state index contributed by atoms with van der Waals surface area (Å²) < 4.78 is 0. The van der Waals surface area contributed by atoms with Gasteiger partial charge in [-0.25, -0.2) is 0 Å². The quantitative estimate of drug-likeness (QED) is 0.850. The first kappa shape index (κ1) is 14.6. The second kappa shape index (κ2) is 6.17. The fourth-order valence-corrected chi connectivity index (χ4v) is 3.96. The summed E-state index contributed by atoms with van der Waals surface area (Å²) in [4.78, 5) is 5.06. The Morgan fingerprint density at radius 1 is 1.15 bits per heavy atom. The van der Waals surface area contributed by atoms with Crippen molar-refractivity contribution < 1.29 is 0 Å². The van der Waals surface area contributed by atoms with Crippen molar-refractivity contribution in [2.24, 2.45) is 5.41 Å². The lowest BCUT2D eigenvalue weighted by Gasteiger charge is -2.46. The molecular weight excluding hydrogens is 288 g/mol. The Bertz CT molecular complexity index is 448. The van der Waals surface area contributed by atoms with Crippen LogP contribution in [0.25, 0.3) is 0 Å². The fourth-order valence-electron chi connectivity index (χ4n) is 3.35. The molecule has 1 aromatic rings. The minimum atomic E-state index is 0.515. The van der Waals surface area contributed by atoms with Crippen molar-refractivity contribution in [3.63, 3.8) is 0 Å². The minimum absolute atomic E-state index is 0.515.